The number of hydrogen-bond donors (Lipinski definition) is 0. The van der Waals surface area contributed by atoms with Crippen LogP contribution in [-0.4, -0.2) is 26.8 Å². The highest BCUT2D eigenvalue weighted by molar-refractivity contribution is 6.28. The first-order valence-electron chi connectivity index (χ1n) is 6.36. The number of rotatable bonds is 4. The molecule has 2 aromatic rings. The molecule has 0 bridgehead atoms. The van der Waals surface area contributed by atoms with Gasteiger partial charge in [0.1, 0.15) is 5.69 Å². The van der Waals surface area contributed by atoms with Gasteiger partial charge in [-0.05, 0) is 12.1 Å². The molecular weight excluding hydrogens is 268 g/mol. The van der Waals surface area contributed by atoms with Crippen molar-refractivity contribution in [1.82, 2.24) is 15.0 Å². The van der Waals surface area contributed by atoms with Crippen LogP contribution in [-0.2, 0) is 16.1 Å². The lowest BCUT2D eigenvalue weighted by Crippen LogP contribution is -2.29. The number of hydrogen-bond acceptors (Lipinski definition) is 4. The summed E-state index contributed by atoms with van der Waals surface area (Å²) >= 11 is 0. The third kappa shape index (κ3) is 2.38. The predicted molar refractivity (Wildman–Crippen MR) is 77.3 cm³/mol. The normalized spacial score (nSPS) is 14.0. The predicted octanol–water partition coefficient (Wildman–Crippen LogP) is 1.56. The average molecular weight is 280 g/mol. The zero-order valence-corrected chi connectivity index (χ0v) is 11.1. The number of benzene rings is 1. The van der Waals surface area contributed by atoms with Gasteiger partial charge in [0, 0.05) is 17.7 Å². The van der Waals surface area contributed by atoms with E-state index in [1.54, 1.807) is 35.0 Å². The summed E-state index contributed by atoms with van der Waals surface area (Å²) in [6.45, 7) is 4.23. The van der Waals surface area contributed by atoms with Gasteiger partial charge in [-0.1, -0.05) is 23.4 Å². The van der Waals surface area contributed by atoms with Crippen LogP contribution in [0.3, 0.4) is 0 Å². The quantitative estimate of drug-likeness (QED) is 0.629. The lowest BCUT2D eigenvalue weighted by atomic mass is 10.1. The molecule has 104 valence electrons. The summed E-state index contributed by atoms with van der Waals surface area (Å²) in [5.41, 5.74) is 2.12. The van der Waals surface area contributed by atoms with Crippen molar-refractivity contribution in [3.05, 3.63) is 55.3 Å². The first-order chi connectivity index (χ1) is 10.2. The summed E-state index contributed by atoms with van der Waals surface area (Å²) in [4.78, 5) is 24.3. The zero-order valence-electron chi connectivity index (χ0n) is 11.1. The van der Waals surface area contributed by atoms with Gasteiger partial charge in [-0.15, -0.1) is 11.7 Å². The molecule has 6 nitrogen and oxygen atoms in total. The van der Waals surface area contributed by atoms with E-state index in [1.807, 2.05) is 6.20 Å². The van der Waals surface area contributed by atoms with Crippen molar-refractivity contribution in [1.29, 1.82) is 0 Å². The minimum absolute atomic E-state index is 0.329. The van der Waals surface area contributed by atoms with Crippen molar-refractivity contribution in [2.75, 3.05) is 4.90 Å². The highest BCUT2D eigenvalue weighted by Gasteiger charge is 2.24. The molecule has 0 N–H and O–H groups in total. The van der Waals surface area contributed by atoms with Crippen LogP contribution in [0.2, 0.25) is 0 Å². The molecule has 21 heavy (non-hydrogen) atoms. The first kappa shape index (κ1) is 13.0. The van der Waals surface area contributed by atoms with Gasteiger partial charge in [-0.2, -0.15) is 0 Å². The molecule has 1 aliphatic heterocycles. The van der Waals surface area contributed by atoms with Gasteiger partial charge in [0.25, 0.3) is 11.8 Å². The number of anilines is 1. The molecule has 2 heterocycles. The van der Waals surface area contributed by atoms with Crippen LogP contribution < -0.4 is 4.90 Å². The monoisotopic (exact) mass is 280 g/mol. The molecule has 0 saturated heterocycles. The maximum atomic E-state index is 11.6. The number of allylic oxidation sites excluding steroid dienone is 1. The highest BCUT2D eigenvalue weighted by atomic mass is 16.2. The van der Waals surface area contributed by atoms with Crippen LogP contribution in [0.1, 0.15) is 0 Å². The second-order valence-electron chi connectivity index (χ2n) is 4.51. The molecule has 0 spiro atoms. The molecule has 1 aliphatic rings. The zero-order chi connectivity index (χ0) is 14.8. The third-order valence-electron chi connectivity index (χ3n) is 3.09. The van der Waals surface area contributed by atoms with Gasteiger partial charge in [0.05, 0.1) is 18.4 Å². The minimum atomic E-state index is -0.329. The van der Waals surface area contributed by atoms with Crippen molar-refractivity contribution < 1.29 is 9.59 Å². The van der Waals surface area contributed by atoms with Crippen LogP contribution in [0.4, 0.5) is 5.69 Å². The van der Waals surface area contributed by atoms with Crippen LogP contribution in [0.15, 0.2) is 55.3 Å². The van der Waals surface area contributed by atoms with Crippen LogP contribution in [0.5, 0.6) is 0 Å². The number of amides is 2. The minimum Gasteiger partial charge on any atom is -0.269 e. The van der Waals surface area contributed by atoms with E-state index in [0.29, 0.717) is 12.2 Å². The lowest BCUT2D eigenvalue weighted by molar-refractivity contribution is -0.119. The molecule has 3 rings (SSSR count). The Morgan fingerprint density at radius 2 is 1.76 bits per heavy atom. The maximum absolute atomic E-state index is 11.6. The van der Waals surface area contributed by atoms with Gasteiger partial charge in [-0.3, -0.25) is 9.59 Å². The molecule has 1 aromatic heterocycles. The fraction of sp³-hybridized carbons (Fsp3) is 0.0667. The Morgan fingerprint density at radius 3 is 2.38 bits per heavy atom. The summed E-state index contributed by atoms with van der Waals surface area (Å²) in [7, 11) is 0. The van der Waals surface area contributed by atoms with Crippen molar-refractivity contribution in [3.63, 3.8) is 0 Å². The largest absolute Gasteiger partial charge is 0.269 e. The van der Waals surface area contributed by atoms with E-state index < -0.39 is 0 Å². The number of nitrogens with zero attached hydrogens (tertiary/aromatic N) is 4. The van der Waals surface area contributed by atoms with E-state index in [1.165, 1.54) is 12.2 Å². The number of carbonyl (C=O) groups is 2. The highest BCUT2D eigenvalue weighted by Crippen LogP contribution is 2.23. The number of carbonyl (C=O) groups excluding carboxylic acids is 2. The smallest absolute Gasteiger partial charge is 0.258 e. The Bertz CT molecular complexity index is 725. The molecule has 0 aliphatic carbocycles. The van der Waals surface area contributed by atoms with Crippen molar-refractivity contribution in [3.8, 4) is 11.3 Å². The SMILES string of the molecule is C=CCn1cc(-c2ccc(N3C(=O)C=CC3=O)cc2)nn1. The van der Waals surface area contributed by atoms with E-state index in [-0.39, 0.29) is 11.8 Å². The molecule has 6 heteroatoms. The van der Waals surface area contributed by atoms with E-state index >= 15 is 0 Å². The molecule has 0 unspecified atom stereocenters. The third-order valence-corrected chi connectivity index (χ3v) is 3.09. The first-order valence-corrected chi connectivity index (χ1v) is 6.36. The summed E-state index contributed by atoms with van der Waals surface area (Å²) in [6.07, 6.45) is 6.07. The molecule has 0 atom stereocenters. The molecule has 0 radical (unpaired) electrons. The Hall–Kier alpha value is -3.02. The van der Waals surface area contributed by atoms with Crippen molar-refractivity contribution in [2.24, 2.45) is 0 Å². The fourth-order valence-corrected chi connectivity index (χ4v) is 2.09. The summed E-state index contributed by atoms with van der Waals surface area (Å²) < 4.78 is 1.67. The van der Waals surface area contributed by atoms with E-state index in [4.69, 9.17) is 0 Å². The summed E-state index contributed by atoms with van der Waals surface area (Å²) in [6, 6.07) is 7.03. The molecule has 1 aromatic carbocycles. The van der Waals surface area contributed by atoms with Gasteiger partial charge in [-0.25, -0.2) is 9.58 Å². The summed E-state index contributed by atoms with van der Waals surface area (Å²) in [5.74, 6) is -0.658. The molecule has 0 saturated carbocycles. The average Bonchev–Trinajstić information content (AvgIpc) is 3.07. The van der Waals surface area contributed by atoms with Crippen LogP contribution in [0.25, 0.3) is 11.3 Å². The van der Waals surface area contributed by atoms with Gasteiger partial charge < -0.3 is 0 Å². The van der Waals surface area contributed by atoms with Gasteiger partial charge in [0.15, 0.2) is 0 Å². The topological polar surface area (TPSA) is 68.1 Å². The number of imide groups is 1. The molecule has 2 amide bonds. The van der Waals surface area contributed by atoms with Crippen molar-refractivity contribution in [2.45, 2.75) is 6.54 Å². The standard InChI is InChI=1S/C15H12N4O2/c1-2-9-18-10-13(16-17-18)11-3-5-12(6-4-11)19-14(20)7-8-15(19)21/h2-8,10H,1,9H2. The second kappa shape index (κ2) is 5.16. The second-order valence-corrected chi connectivity index (χ2v) is 4.51. The summed E-state index contributed by atoms with van der Waals surface area (Å²) in [5, 5.41) is 8.04. The van der Waals surface area contributed by atoms with Crippen LogP contribution in [0, 0.1) is 0 Å². The fourth-order valence-electron chi connectivity index (χ4n) is 2.09. The Labute approximate surface area is 121 Å². The molecule has 0 fully saturated rings. The maximum Gasteiger partial charge on any atom is 0.258 e. The van der Waals surface area contributed by atoms with E-state index in [9.17, 15) is 9.59 Å². The number of aromatic nitrogens is 3. The van der Waals surface area contributed by atoms with Gasteiger partial charge >= 0.3 is 0 Å². The molecular formula is C15H12N4O2. The Morgan fingerprint density at radius 1 is 1.10 bits per heavy atom. The van der Waals surface area contributed by atoms with Crippen molar-refractivity contribution >= 4 is 17.5 Å². The lowest BCUT2D eigenvalue weighted by Gasteiger charge is -2.13. The Balaban J connectivity index is 1.85. The van der Waals surface area contributed by atoms with Crippen LogP contribution >= 0.6 is 0 Å². The van der Waals surface area contributed by atoms with E-state index in [0.717, 1.165) is 16.2 Å². The Kier molecular flexibility index (Phi) is 3.19. The van der Waals surface area contributed by atoms with Gasteiger partial charge in [0.2, 0.25) is 0 Å². The van der Waals surface area contributed by atoms with E-state index in [2.05, 4.69) is 16.9 Å².